The van der Waals surface area contributed by atoms with Crippen molar-refractivity contribution in [3.8, 4) is 0 Å². The Morgan fingerprint density at radius 3 is 2.53 bits per heavy atom. The van der Waals surface area contributed by atoms with Crippen molar-refractivity contribution in [2.75, 3.05) is 18.6 Å². The zero-order valence-electron chi connectivity index (χ0n) is 9.67. The Morgan fingerprint density at radius 1 is 1.53 bits per heavy atom. The van der Waals surface area contributed by atoms with Gasteiger partial charge in [-0.3, -0.25) is 4.79 Å². The molecule has 3 nitrogen and oxygen atoms in total. The number of nitrogens with two attached hydrogens (primary N) is 1. The molecule has 2 N–H and O–H groups in total. The molecule has 0 aromatic rings. The van der Waals surface area contributed by atoms with Gasteiger partial charge in [-0.1, -0.05) is 0 Å². The molecular formula is C10H17F3N2OS. The molecule has 1 aliphatic rings. The molecule has 1 amide bonds. The fourth-order valence-corrected chi connectivity index (χ4v) is 2.04. The number of nitrogens with zero attached hydrogens (tertiary/aromatic N) is 1. The fraction of sp³-hybridized carbons (Fsp3) is 0.900. The number of amides is 1. The van der Waals surface area contributed by atoms with Crippen LogP contribution in [0.15, 0.2) is 0 Å². The van der Waals surface area contributed by atoms with Crippen LogP contribution in [0.1, 0.15) is 19.3 Å². The number of hydrogen-bond donors (Lipinski definition) is 1. The largest absolute Gasteiger partial charge is 0.406 e. The van der Waals surface area contributed by atoms with Crippen molar-refractivity contribution in [1.82, 2.24) is 4.90 Å². The fourth-order valence-electron chi connectivity index (χ4n) is 1.55. The Bertz CT molecular complexity index is 269. The molecule has 0 unspecified atom stereocenters. The highest BCUT2D eigenvalue weighted by molar-refractivity contribution is 7.98. The first-order chi connectivity index (χ1) is 7.85. The number of carbonyl (C=O) groups is 1. The van der Waals surface area contributed by atoms with Gasteiger partial charge in [0.2, 0.25) is 5.91 Å². The summed E-state index contributed by atoms with van der Waals surface area (Å²) in [5, 5.41) is 0. The van der Waals surface area contributed by atoms with Crippen LogP contribution in [0.5, 0.6) is 0 Å². The Kier molecular flexibility index (Phi) is 5.12. The molecule has 1 fully saturated rings. The minimum atomic E-state index is -4.35. The Balaban J connectivity index is 2.54. The van der Waals surface area contributed by atoms with E-state index in [1.165, 1.54) is 11.8 Å². The summed E-state index contributed by atoms with van der Waals surface area (Å²) in [5.74, 6) is 0.108. The quantitative estimate of drug-likeness (QED) is 0.798. The van der Waals surface area contributed by atoms with Crippen molar-refractivity contribution in [3.05, 3.63) is 0 Å². The van der Waals surface area contributed by atoms with E-state index in [1.54, 1.807) is 0 Å². The average Bonchev–Trinajstić information content (AvgIpc) is 3.04. The summed E-state index contributed by atoms with van der Waals surface area (Å²) >= 11 is 1.52. The van der Waals surface area contributed by atoms with Crippen molar-refractivity contribution in [2.45, 2.75) is 37.5 Å². The van der Waals surface area contributed by atoms with Crippen LogP contribution in [0.3, 0.4) is 0 Å². The first kappa shape index (κ1) is 14.6. The Labute approximate surface area is 103 Å². The number of rotatable bonds is 6. The Hall–Kier alpha value is -0.430. The summed E-state index contributed by atoms with van der Waals surface area (Å²) in [6.07, 6.45) is -0.766. The molecule has 1 aliphatic carbocycles. The van der Waals surface area contributed by atoms with E-state index in [4.69, 9.17) is 5.73 Å². The average molecular weight is 270 g/mol. The van der Waals surface area contributed by atoms with Crippen molar-refractivity contribution in [1.29, 1.82) is 0 Å². The first-order valence-electron chi connectivity index (χ1n) is 5.47. The van der Waals surface area contributed by atoms with Gasteiger partial charge in [-0.05, 0) is 31.3 Å². The maximum Gasteiger partial charge on any atom is 0.406 e. The van der Waals surface area contributed by atoms with Gasteiger partial charge < -0.3 is 10.6 Å². The Morgan fingerprint density at radius 2 is 2.12 bits per heavy atom. The van der Waals surface area contributed by atoms with Crippen LogP contribution in [-0.2, 0) is 4.79 Å². The predicted molar refractivity (Wildman–Crippen MR) is 61.8 cm³/mol. The predicted octanol–water partition coefficient (Wildman–Crippen LogP) is 1.62. The molecule has 1 rings (SSSR count). The topological polar surface area (TPSA) is 46.3 Å². The SMILES string of the molecule is CSCC[C@H](N)C(=O)N(CC(F)(F)F)C1CC1. The van der Waals surface area contributed by atoms with E-state index >= 15 is 0 Å². The summed E-state index contributed by atoms with van der Waals surface area (Å²) in [6, 6.07) is -1.07. The second-order valence-electron chi connectivity index (χ2n) is 4.20. The molecule has 0 saturated heterocycles. The lowest BCUT2D eigenvalue weighted by atomic mass is 10.2. The van der Waals surface area contributed by atoms with Gasteiger partial charge in [-0.25, -0.2) is 0 Å². The van der Waals surface area contributed by atoms with Gasteiger partial charge in [0.15, 0.2) is 0 Å². The van der Waals surface area contributed by atoms with Gasteiger partial charge in [-0.2, -0.15) is 24.9 Å². The van der Waals surface area contributed by atoms with Crippen molar-refractivity contribution >= 4 is 17.7 Å². The lowest BCUT2D eigenvalue weighted by Gasteiger charge is -2.26. The normalized spacial score (nSPS) is 17.9. The molecule has 0 spiro atoms. The molecule has 1 saturated carbocycles. The van der Waals surface area contributed by atoms with Crippen molar-refractivity contribution in [2.24, 2.45) is 5.73 Å². The van der Waals surface area contributed by atoms with Crippen molar-refractivity contribution < 1.29 is 18.0 Å². The molecule has 100 valence electrons. The van der Waals surface area contributed by atoms with Gasteiger partial charge in [0.05, 0.1) is 6.04 Å². The summed E-state index contributed by atoms with van der Waals surface area (Å²) in [4.78, 5) is 12.7. The lowest BCUT2D eigenvalue weighted by Crippen LogP contribution is -2.48. The van der Waals surface area contributed by atoms with E-state index in [2.05, 4.69) is 0 Å². The molecule has 0 aromatic heterocycles. The highest BCUT2D eigenvalue weighted by Gasteiger charge is 2.41. The number of halogens is 3. The van der Waals surface area contributed by atoms with E-state index < -0.39 is 24.7 Å². The van der Waals surface area contributed by atoms with Crippen LogP contribution >= 0.6 is 11.8 Å². The van der Waals surface area contributed by atoms with Crippen LogP contribution in [-0.4, -0.2) is 47.6 Å². The molecule has 0 radical (unpaired) electrons. The van der Waals surface area contributed by atoms with Crippen LogP contribution in [0.2, 0.25) is 0 Å². The van der Waals surface area contributed by atoms with Crippen LogP contribution in [0.25, 0.3) is 0 Å². The zero-order chi connectivity index (χ0) is 13.1. The smallest absolute Gasteiger partial charge is 0.329 e. The monoisotopic (exact) mass is 270 g/mol. The van der Waals surface area contributed by atoms with Crippen LogP contribution < -0.4 is 5.73 Å². The zero-order valence-corrected chi connectivity index (χ0v) is 10.5. The highest BCUT2D eigenvalue weighted by Crippen LogP contribution is 2.30. The summed E-state index contributed by atoms with van der Waals surface area (Å²) in [6.45, 7) is -1.18. The molecule has 0 bridgehead atoms. The number of hydrogen-bond acceptors (Lipinski definition) is 3. The van der Waals surface area contributed by atoms with E-state index in [0.717, 1.165) is 4.90 Å². The summed E-state index contributed by atoms with van der Waals surface area (Å²) in [5.41, 5.74) is 5.62. The second-order valence-corrected chi connectivity index (χ2v) is 5.19. The van der Waals surface area contributed by atoms with E-state index in [1.807, 2.05) is 6.26 Å². The third-order valence-electron chi connectivity index (χ3n) is 2.57. The number of carbonyl (C=O) groups excluding carboxylic acids is 1. The first-order valence-corrected chi connectivity index (χ1v) is 6.86. The maximum absolute atomic E-state index is 12.3. The highest BCUT2D eigenvalue weighted by atomic mass is 32.2. The number of thioether (sulfide) groups is 1. The van der Waals surface area contributed by atoms with E-state index in [-0.39, 0.29) is 6.04 Å². The van der Waals surface area contributed by atoms with Crippen LogP contribution in [0, 0.1) is 0 Å². The van der Waals surface area contributed by atoms with Crippen molar-refractivity contribution in [3.63, 3.8) is 0 Å². The maximum atomic E-state index is 12.3. The lowest BCUT2D eigenvalue weighted by molar-refractivity contribution is -0.163. The number of alkyl halides is 3. The third-order valence-corrected chi connectivity index (χ3v) is 3.21. The third kappa shape index (κ3) is 5.16. The molecule has 0 aromatic carbocycles. The summed E-state index contributed by atoms with van der Waals surface area (Å²) in [7, 11) is 0. The van der Waals surface area contributed by atoms with Gasteiger partial charge in [0.25, 0.3) is 0 Å². The minimum Gasteiger partial charge on any atom is -0.329 e. The molecule has 17 heavy (non-hydrogen) atoms. The van der Waals surface area contributed by atoms with Crippen LogP contribution in [0.4, 0.5) is 13.2 Å². The van der Waals surface area contributed by atoms with Gasteiger partial charge in [-0.15, -0.1) is 0 Å². The van der Waals surface area contributed by atoms with Gasteiger partial charge >= 0.3 is 6.18 Å². The standard InChI is InChI=1S/C10H17F3N2OS/c1-17-5-4-8(14)9(16)15(7-2-3-7)6-10(11,12)13/h7-8H,2-6,14H2,1H3/t8-/m0/s1. The molecule has 7 heteroatoms. The minimum absolute atomic E-state index is 0.260. The van der Waals surface area contributed by atoms with Gasteiger partial charge in [0.1, 0.15) is 6.54 Å². The molecule has 1 atom stereocenters. The van der Waals surface area contributed by atoms with Gasteiger partial charge in [0, 0.05) is 6.04 Å². The van der Waals surface area contributed by atoms with E-state index in [9.17, 15) is 18.0 Å². The second kappa shape index (κ2) is 5.95. The molecule has 0 aliphatic heterocycles. The summed E-state index contributed by atoms with van der Waals surface area (Å²) < 4.78 is 37.0. The molecular weight excluding hydrogens is 253 g/mol. The van der Waals surface area contributed by atoms with E-state index in [0.29, 0.717) is 25.0 Å². The molecule has 0 heterocycles.